The molecule has 0 heterocycles. The predicted octanol–water partition coefficient (Wildman–Crippen LogP) is 2.20. The average molecular weight is 386 g/mol. The maximum Gasteiger partial charge on any atom is 0.332 e. The highest BCUT2D eigenvalue weighted by molar-refractivity contribution is 14.1. The van der Waals surface area contributed by atoms with E-state index in [2.05, 4.69) is 21.0 Å². The Bertz CT molecular complexity index is 425. The Balaban J connectivity index is 2.94. The Morgan fingerprint density at radius 3 is 2.93 bits per heavy atom. The number of carbonyl (C=O) groups is 1. The second-order valence-corrected chi connectivity index (χ2v) is 4.48. The summed E-state index contributed by atoms with van der Waals surface area (Å²) >= 11 is 5.25. The number of hydrogen-bond acceptors (Lipinski definition) is 2. The first-order valence-corrected chi connectivity index (χ1v) is 5.61. The van der Waals surface area contributed by atoms with Gasteiger partial charge in [-0.15, -0.1) is 0 Å². The number of carbonyl (C=O) groups excluding carboxylic acids is 1. The minimum atomic E-state index is -0.770. The van der Waals surface area contributed by atoms with Crippen molar-refractivity contribution in [3.63, 3.8) is 0 Å². The maximum absolute atomic E-state index is 13.0. The summed E-state index contributed by atoms with van der Waals surface area (Å²) in [5.41, 5.74) is 7.35. The molecule has 1 rings (SSSR count). The molecule has 0 radical (unpaired) electrons. The topological polar surface area (TPSA) is 67.5 Å². The molecule has 7 heteroatoms. The molecule has 1 aromatic carbocycles. The van der Waals surface area contributed by atoms with Crippen molar-refractivity contribution in [2.45, 2.75) is 0 Å². The van der Waals surface area contributed by atoms with Crippen LogP contribution in [0.1, 0.15) is 5.56 Å². The molecule has 15 heavy (non-hydrogen) atoms. The standard InChI is InChI=1S/C8H6BrFIN3O/c9-7-4(3-13-14-8(12)15)1-5(10)2-6(7)11/h1-3H,(H3,12,14,15). The highest BCUT2D eigenvalue weighted by Gasteiger charge is 2.04. The van der Waals surface area contributed by atoms with Crippen LogP contribution in [0, 0.1) is 9.39 Å². The van der Waals surface area contributed by atoms with Gasteiger partial charge >= 0.3 is 6.03 Å². The molecule has 0 aliphatic carbocycles. The fraction of sp³-hybridized carbons (Fsp3) is 0. The third-order valence-corrected chi connectivity index (χ3v) is 3.88. The van der Waals surface area contributed by atoms with Gasteiger partial charge in [0.1, 0.15) is 5.82 Å². The van der Waals surface area contributed by atoms with Gasteiger partial charge in [-0.1, -0.05) is 0 Å². The minimum absolute atomic E-state index is 0.372. The van der Waals surface area contributed by atoms with E-state index in [-0.39, 0.29) is 5.82 Å². The Morgan fingerprint density at radius 2 is 2.33 bits per heavy atom. The minimum Gasteiger partial charge on any atom is -0.350 e. The van der Waals surface area contributed by atoms with Crippen LogP contribution in [0.4, 0.5) is 9.18 Å². The van der Waals surface area contributed by atoms with Crippen LogP contribution in [0.5, 0.6) is 0 Å². The van der Waals surface area contributed by atoms with Gasteiger partial charge in [-0.25, -0.2) is 14.6 Å². The van der Waals surface area contributed by atoms with Crippen LogP contribution in [0.3, 0.4) is 0 Å². The lowest BCUT2D eigenvalue weighted by Gasteiger charge is -2.01. The number of urea groups is 1. The number of benzene rings is 1. The molecule has 0 aliphatic rings. The summed E-state index contributed by atoms with van der Waals surface area (Å²) < 4.78 is 14.4. The Labute approximate surface area is 107 Å². The van der Waals surface area contributed by atoms with Crippen molar-refractivity contribution in [3.8, 4) is 0 Å². The summed E-state index contributed by atoms with van der Waals surface area (Å²) in [7, 11) is 0. The molecule has 0 unspecified atom stereocenters. The quantitative estimate of drug-likeness (QED) is 0.348. The number of nitrogens with one attached hydrogen (secondary N) is 1. The van der Waals surface area contributed by atoms with Crippen LogP contribution in [-0.4, -0.2) is 12.2 Å². The molecule has 80 valence electrons. The lowest BCUT2D eigenvalue weighted by molar-refractivity contribution is 0.249. The first-order chi connectivity index (χ1) is 7.00. The van der Waals surface area contributed by atoms with Crippen molar-refractivity contribution < 1.29 is 9.18 Å². The number of amides is 2. The van der Waals surface area contributed by atoms with Crippen molar-refractivity contribution in [1.29, 1.82) is 0 Å². The van der Waals surface area contributed by atoms with Crippen LogP contribution < -0.4 is 11.2 Å². The molecule has 0 saturated carbocycles. The van der Waals surface area contributed by atoms with E-state index in [1.807, 2.05) is 28.0 Å². The summed E-state index contributed by atoms with van der Waals surface area (Å²) in [6.45, 7) is 0. The largest absolute Gasteiger partial charge is 0.350 e. The molecule has 0 aliphatic heterocycles. The number of nitrogens with two attached hydrogens (primary N) is 1. The van der Waals surface area contributed by atoms with Gasteiger partial charge in [-0.3, -0.25) is 0 Å². The molecule has 0 saturated heterocycles. The van der Waals surface area contributed by atoms with Crippen molar-refractivity contribution in [1.82, 2.24) is 5.43 Å². The second-order valence-electron chi connectivity index (χ2n) is 2.53. The van der Waals surface area contributed by atoms with E-state index >= 15 is 0 Å². The summed E-state index contributed by atoms with van der Waals surface area (Å²) in [5, 5.41) is 3.53. The second kappa shape index (κ2) is 5.40. The lowest BCUT2D eigenvalue weighted by Crippen LogP contribution is -2.24. The zero-order chi connectivity index (χ0) is 11.4. The number of halogens is 3. The van der Waals surface area contributed by atoms with Gasteiger partial charge in [0.05, 0.1) is 6.21 Å². The summed E-state index contributed by atoms with van der Waals surface area (Å²) in [6, 6.07) is 1.90. The van der Waals surface area contributed by atoms with Crippen LogP contribution in [0.15, 0.2) is 21.7 Å². The highest BCUT2D eigenvalue weighted by atomic mass is 127. The molecule has 3 N–H and O–H groups in total. The zero-order valence-electron chi connectivity index (χ0n) is 7.30. The first-order valence-electron chi connectivity index (χ1n) is 3.73. The fourth-order valence-electron chi connectivity index (χ4n) is 0.835. The van der Waals surface area contributed by atoms with Crippen LogP contribution in [-0.2, 0) is 0 Å². The van der Waals surface area contributed by atoms with E-state index in [9.17, 15) is 9.18 Å². The maximum atomic E-state index is 13.0. The zero-order valence-corrected chi connectivity index (χ0v) is 11.0. The van der Waals surface area contributed by atoms with Crippen LogP contribution >= 0.6 is 38.5 Å². The van der Waals surface area contributed by atoms with Crippen molar-refractivity contribution >= 4 is 50.8 Å². The van der Waals surface area contributed by atoms with E-state index < -0.39 is 6.03 Å². The fourth-order valence-corrected chi connectivity index (χ4v) is 1.78. The van der Waals surface area contributed by atoms with E-state index in [1.165, 1.54) is 18.3 Å². The van der Waals surface area contributed by atoms with Crippen molar-refractivity contribution in [2.75, 3.05) is 0 Å². The molecule has 1 aromatic rings. The van der Waals surface area contributed by atoms with E-state index in [0.29, 0.717) is 13.6 Å². The van der Waals surface area contributed by atoms with Gasteiger partial charge in [0, 0.05) is 13.6 Å². The number of primary amides is 1. The van der Waals surface area contributed by atoms with Gasteiger partial charge in [-0.2, -0.15) is 5.10 Å². The normalized spacial score (nSPS) is 10.6. The molecule has 0 aromatic heterocycles. The smallest absolute Gasteiger partial charge is 0.332 e. The average Bonchev–Trinajstić information content (AvgIpc) is 2.12. The predicted molar refractivity (Wildman–Crippen MR) is 67.1 cm³/mol. The molecule has 0 atom stereocenters. The summed E-state index contributed by atoms with van der Waals surface area (Å²) in [5.74, 6) is -0.372. The summed E-state index contributed by atoms with van der Waals surface area (Å²) in [6.07, 6.45) is 1.31. The Kier molecular flexibility index (Phi) is 4.45. The number of nitrogens with zero attached hydrogens (tertiary/aromatic N) is 1. The lowest BCUT2D eigenvalue weighted by atomic mass is 10.2. The number of rotatable bonds is 2. The number of hydrazone groups is 1. The van der Waals surface area contributed by atoms with E-state index in [1.54, 1.807) is 0 Å². The SMILES string of the molecule is NC(=O)NN=Cc1cc(F)cc(I)c1Br. The van der Waals surface area contributed by atoms with Crippen LogP contribution in [0.25, 0.3) is 0 Å². The highest BCUT2D eigenvalue weighted by Crippen LogP contribution is 2.23. The van der Waals surface area contributed by atoms with Gasteiger partial charge in [-0.05, 0) is 50.7 Å². The number of hydrogen-bond donors (Lipinski definition) is 2. The van der Waals surface area contributed by atoms with Crippen molar-refractivity contribution in [2.24, 2.45) is 10.8 Å². The molecule has 0 spiro atoms. The molecule has 0 bridgehead atoms. The van der Waals surface area contributed by atoms with E-state index in [0.717, 1.165) is 0 Å². The van der Waals surface area contributed by atoms with Crippen molar-refractivity contribution in [3.05, 3.63) is 31.6 Å². The Hall–Kier alpha value is -0.700. The molecule has 0 fully saturated rings. The molecular formula is C8H6BrFIN3O. The van der Waals surface area contributed by atoms with Gasteiger partial charge in [0.25, 0.3) is 0 Å². The van der Waals surface area contributed by atoms with E-state index in [4.69, 9.17) is 5.73 Å². The first kappa shape index (κ1) is 12.4. The van der Waals surface area contributed by atoms with Gasteiger partial charge in [0.2, 0.25) is 0 Å². The molecular weight excluding hydrogens is 380 g/mol. The third-order valence-electron chi connectivity index (χ3n) is 1.40. The molecule has 4 nitrogen and oxygen atoms in total. The van der Waals surface area contributed by atoms with Gasteiger partial charge < -0.3 is 5.73 Å². The summed E-state index contributed by atoms with van der Waals surface area (Å²) in [4.78, 5) is 10.3. The monoisotopic (exact) mass is 385 g/mol. The van der Waals surface area contributed by atoms with Crippen LogP contribution in [0.2, 0.25) is 0 Å². The Morgan fingerprint density at radius 1 is 1.67 bits per heavy atom. The third kappa shape index (κ3) is 3.74. The molecule has 2 amide bonds. The van der Waals surface area contributed by atoms with Gasteiger partial charge in [0.15, 0.2) is 0 Å².